The molecular weight excluding hydrogens is 272 g/mol. The average molecular weight is 292 g/mol. The molecule has 0 aliphatic heterocycles. The van der Waals surface area contributed by atoms with Gasteiger partial charge in [0, 0.05) is 56.6 Å². The molecular formula is C13H20N6S. The van der Waals surface area contributed by atoms with Crippen LogP contribution in [0.25, 0.3) is 0 Å². The molecule has 2 aromatic heterocycles. The van der Waals surface area contributed by atoms with Crippen molar-refractivity contribution in [2.45, 2.75) is 19.9 Å². The largest absolute Gasteiger partial charge is 0.356 e. The van der Waals surface area contributed by atoms with Crippen molar-refractivity contribution in [3.8, 4) is 0 Å². The van der Waals surface area contributed by atoms with Crippen LogP contribution in [0, 0.1) is 6.92 Å². The first kappa shape index (κ1) is 14.5. The number of aliphatic imine (C=N–C) groups is 1. The lowest BCUT2D eigenvalue weighted by Gasteiger charge is -2.11. The van der Waals surface area contributed by atoms with Gasteiger partial charge in [-0.15, -0.1) is 11.3 Å². The van der Waals surface area contributed by atoms with E-state index in [-0.39, 0.29) is 0 Å². The quantitative estimate of drug-likeness (QED) is 0.617. The minimum Gasteiger partial charge on any atom is -0.356 e. The van der Waals surface area contributed by atoms with Gasteiger partial charge < -0.3 is 15.2 Å². The average Bonchev–Trinajstić information content (AvgIpc) is 3.09. The van der Waals surface area contributed by atoms with Gasteiger partial charge >= 0.3 is 0 Å². The van der Waals surface area contributed by atoms with Gasteiger partial charge in [-0.2, -0.15) is 0 Å². The summed E-state index contributed by atoms with van der Waals surface area (Å²) in [6, 6.07) is 0. The molecule has 0 aliphatic rings. The molecule has 2 heterocycles. The highest BCUT2D eigenvalue weighted by Crippen LogP contribution is 2.10. The molecule has 0 unspecified atom stereocenters. The monoisotopic (exact) mass is 292 g/mol. The molecule has 0 bridgehead atoms. The number of nitrogens with one attached hydrogen (secondary N) is 2. The van der Waals surface area contributed by atoms with Gasteiger partial charge in [-0.1, -0.05) is 0 Å². The second-order valence-electron chi connectivity index (χ2n) is 4.34. The fourth-order valence-corrected chi connectivity index (χ4v) is 2.53. The van der Waals surface area contributed by atoms with Crippen molar-refractivity contribution in [3.63, 3.8) is 0 Å². The molecule has 0 saturated carbocycles. The number of aromatic nitrogens is 3. The lowest BCUT2D eigenvalue weighted by atomic mass is 10.4. The van der Waals surface area contributed by atoms with E-state index in [4.69, 9.17) is 0 Å². The normalized spacial score (nSPS) is 11.6. The Balaban J connectivity index is 1.65. The molecule has 0 aromatic carbocycles. The molecule has 0 radical (unpaired) electrons. The van der Waals surface area contributed by atoms with Crippen LogP contribution in [0.2, 0.25) is 0 Å². The lowest BCUT2D eigenvalue weighted by molar-refractivity contribution is 0.661. The summed E-state index contributed by atoms with van der Waals surface area (Å²) in [7, 11) is 1.78. The Morgan fingerprint density at radius 3 is 2.90 bits per heavy atom. The van der Waals surface area contributed by atoms with Crippen molar-refractivity contribution < 1.29 is 0 Å². The SMILES string of the molecule is CN=C(NCCc1ncc(C)s1)NCCn1ccnc1. The van der Waals surface area contributed by atoms with Crippen LogP contribution < -0.4 is 10.6 Å². The van der Waals surface area contributed by atoms with Crippen molar-refractivity contribution in [2.24, 2.45) is 4.99 Å². The van der Waals surface area contributed by atoms with E-state index in [1.54, 1.807) is 24.6 Å². The summed E-state index contributed by atoms with van der Waals surface area (Å²) in [5.74, 6) is 0.818. The molecule has 108 valence electrons. The number of thiazole rings is 1. The zero-order valence-electron chi connectivity index (χ0n) is 11.8. The topological polar surface area (TPSA) is 67.1 Å². The highest BCUT2D eigenvalue weighted by Gasteiger charge is 2.00. The minimum absolute atomic E-state index is 0.812. The van der Waals surface area contributed by atoms with E-state index in [9.17, 15) is 0 Å². The van der Waals surface area contributed by atoms with E-state index in [1.807, 2.05) is 23.3 Å². The van der Waals surface area contributed by atoms with E-state index < -0.39 is 0 Å². The Kier molecular flexibility index (Phi) is 5.55. The molecule has 0 saturated heterocycles. The van der Waals surface area contributed by atoms with E-state index in [0.717, 1.165) is 37.0 Å². The third-order valence-electron chi connectivity index (χ3n) is 2.75. The van der Waals surface area contributed by atoms with Gasteiger partial charge in [0.1, 0.15) is 0 Å². The van der Waals surface area contributed by atoms with Gasteiger partial charge in [0.25, 0.3) is 0 Å². The van der Waals surface area contributed by atoms with Gasteiger partial charge in [-0.25, -0.2) is 9.97 Å². The first-order chi connectivity index (χ1) is 9.78. The summed E-state index contributed by atoms with van der Waals surface area (Å²) in [6.07, 6.45) is 8.37. The van der Waals surface area contributed by atoms with Gasteiger partial charge in [0.2, 0.25) is 0 Å². The van der Waals surface area contributed by atoms with Crippen LogP contribution in [0.3, 0.4) is 0 Å². The Bertz CT molecular complexity index is 531. The molecule has 2 aromatic rings. The van der Waals surface area contributed by atoms with Crippen molar-refractivity contribution in [1.82, 2.24) is 25.2 Å². The first-order valence-electron chi connectivity index (χ1n) is 6.59. The fraction of sp³-hybridized carbons (Fsp3) is 0.462. The Morgan fingerprint density at radius 2 is 2.25 bits per heavy atom. The Morgan fingerprint density at radius 1 is 1.40 bits per heavy atom. The van der Waals surface area contributed by atoms with Crippen molar-refractivity contribution in [1.29, 1.82) is 0 Å². The summed E-state index contributed by atoms with van der Waals surface area (Å²) < 4.78 is 2.03. The van der Waals surface area contributed by atoms with E-state index >= 15 is 0 Å². The van der Waals surface area contributed by atoms with Crippen molar-refractivity contribution >= 4 is 17.3 Å². The van der Waals surface area contributed by atoms with Crippen LogP contribution in [0.5, 0.6) is 0 Å². The molecule has 20 heavy (non-hydrogen) atoms. The number of guanidine groups is 1. The van der Waals surface area contributed by atoms with Crippen LogP contribution >= 0.6 is 11.3 Å². The maximum Gasteiger partial charge on any atom is 0.191 e. The Hall–Kier alpha value is -1.89. The third kappa shape index (κ3) is 4.65. The van der Waals surface area contributed by atoms with Crippen LogP contribution in [-0.4, -0.2) is 40.6 Å². The lowest BCUT2D eigenvalue weighted by Crippen LogP contribution is -2.39. The van der Waals surface area contributed by atoms with Crippen molar-refractivity contribution in [3.05, 3.63) is 34.8 Å². The zero-order chi connectivity index (χ0) is 14.2. The molecule has 0 fully saturated rings. The maximum absolute atomic E-state index is 4.34. The zero-order valence-corrected chi connectivity index (χ0v) is 12.7. The Labute approximate surface area is 123 Å². The van der Waals surface area contributed by atoms with E-state index in [2.05, 4.69) is 32.5 Å². The number of nitrogens with zero attached hydrogens (tertiary/aromatic N) is 4. The van der Waals surface area contributed by atoms with Crippen LogP contribution in [0.1, 0.15) is 9.88 Å². The van der Waals surface area contributed by atoms with Gasteiger partial charge in [0.05, 0.1) is 11.3 Å². The minimum atomic E-state index is 0.812. The molecule has 0 atom stereocenters. The van der Waals surface area contributed by atoms with Crippen LogP contribution in [0.15, 0.2) is 29.9 Å². The second-order valence-corrected chi connectivity index (χ2v) is 5.66. The van der Waals surface area contributed by atoms with Crippen molar-refractivity contribution in [2.75, 3.05) is 20.1 Å². The summed E-state index contributed by atoms with van der Waals surface area (Å²) in [6.45, 7) is 4.58. The molecule has 0 spiro atoms. The molecule has 0 aliphatic carbocycles. The standard InChI is InChI=1S/C13H20N6S/c1-11-9-18-12(20-11)3-4-16-13(14-2)17-6-8-19-7-5-15-10-19/h5,7,9-10H,3-4,6,8H2,1-2H3,(H2,14,16,17). The highest BCUT2D eigenvalue weighted by atomic mass is 32.1. The number of imidazole rings is 1. The van der Waals surface area contributed by atoms with Gasteiger partial charge in [-0.3, -0.25) is 4.99 Å². The predicted octanol–water partition coefficient (Wildman–Crippen LogP) is 1.06. The molecule has 7 heteroatoms. The van der Waals surface area contributed by atoms with Gasteiger partial charge in [0.15, 0.2) is 5.96 Å². The summed E-state index contributed by atoms with van der Waals surface area (Å²) in [4.78, 5) is 13.8. The number of hydrogen-bond donors (Lipinski definition) is 2. The maximum atomic E-state index is 4.34. The van der Waals surface area contributed by atoms with Gasteiger partial charge in [-0.05, 0) is 6.92 Å². The van der Waals surface area contributed by atoms with Crippen LogP contribution in [-0.2, 0) is 13.0 Å². The number of rotatable bonds is 6. The number of aryl methyl sites for hydroxylation is 1. The smallest absolute Gasteiger partial charge is 0.191 e. The third-order valence-corrected chi connectivity index (χ3v) is 3.72. The molecule has 2 N–H and O–H groups in total. The summed E-state index contributed by atoms with van der Waals surface area (Å²) >= 11 is 1.74. The predicted molar refractivity (Wildman–Crippen MR) is 82.1 cm³/mol. The molecule has 0 amide bonds. The molecule has 6 nitrogen and oxygen atoms in total. The first-order valence-corrected chi connectivity index (χ1v) is 7.41. The highest BCUT2D eigenvalue weighted by molar-refractivity contribution is 7.11. The van der Waals surface area contributed by atoms with Crippen LogP contribution in [0.4, 0.5) is 0 Å². The van der Waals surface area contributed by atoms with E-state index in [1.165, 1.54) is 4.88 Å². The number of hydrogen-bond acceptors (Lipinski definition) is 4. The fourth-order valence-electron chi connectivity index (χ4n) is 1.75. The van der Waals surface area contributed by atoms with E-state index in [0.29, 0.717) is 0 Å². The molecule has 2 rings (SSSR count). The summed E-state index contributed by atoms with van der Waals surface area (Å²) in [5.41, 5.74) is 0. The second kappa shape index (κ2) is 7.64. The summed E-state index contributed by atoms with van der Waals surface area (Å²) in [5, 5.41) is 7.72.